The second-order valence-electron chi connectivity index (χ2n) is 6.46. The molecule has 128 valence electrons. The molecule has 1 heterocycles. The Hall–Kier alpha value is -2.63. The van der Waals surface area contributed by atoms with Gasteiger partial charge in [0.2, 0.25) is 0 Å². The lowest BCUT2D eigenvalue weighted by Gasteiger charge is -2.39. The van der Waals surface area contributed by atoms with Crippen molar-refractivity contribution < 1.29 is 24.2 Å². The van der Waals surface area contributed by atoms with Gasteiger partial charge in [-0.05, 0) is 39.0 Å². The number of fused-ring (bicyclic) bond motifs is 1. The van der Waals surface area contributed by atoms with Crippen LogP contribution in [-0.2, 0) is 9.59 Å². The molecule has 6 heteroatoms. The van der Waals surface area contributed by atoms with Gasteiger partial charge in [-0.2, -0.15) is 0 Å². The van der Waals surface area contributed by atoms with E-state index in [-0.39, 0.29) is 24.5 Å². The third kappa shape index (κ3) is 3.64. The molecular weight excluding hydrogens is 310 g/mol. The first-order valence-corrected chi connectivity index (χ1v) is 7.66. The predicted octanol–water partition coefficient (Wildman–Crippen LogP) is 2.81. The number of Topliss-reactive ketones (excluding diaryl/α,β-unsaturated/α-hetero) is 1. The number of anilines is 1. The van der Waals surface area contributed by atoms with Crippen LogP contribution in [0.3, 0.4) is 0 Å². The van der Waals surface area contributed by atoms with Crippen LogP contribution in [0.25, 0.3) is 0 Å². The van der Waals surface area contributed by atoms with Crippen molar-refractivity contribution in [3.05, 3.63) is 35.9 Å². The van der Waals surface area contributed by atoms with E-state index >= 15 is 0 Å². The van der Waals surface area contributed by atoms with E-state index in [0.29, 0.717) is 23.5 Å². The number of carboxylic acid groups (broad SMARTS) is 1. The molecule has 0 atom stereocenters. The van der Waals surface area contributed by atoms with Crippen LogP contribution in [0.2, 0.25) is 0 Å². The zero-order valence-electron chi connectivity index (χ0n) is 14.1. The van der Waals surface area contributed by atoms with Gasteiger partial charge in [0, 0.05) is 18.5 Å². The summed E-state index contributed by atoms with van der Waals surface area (Å²) in [6.45, 7) is 9.37. The van der Waals surface area contributed by atoms with E-state index in [1.54, 1.807) is 36.9 Å². The van der Waals surface area contributed by atoms with Gasteiger partial charge in [0.15, 0.2) is 11.4 Å². The summed E-state index contributed by atoms with van der Waals surface area (Å²) in [5, 5.41) is 8.70. The molecule has 0 saturated heterocycles. The van der Waals surface area contributed by atoms with E-state index in [2.05, 4.69) is 6.58 Å². The van der Waals surface area contributed by atoms with Crippen molar-refractivity contribution >= 4 is 23.3 Å². The number of nitrogens with zero attached hydrogens (tertiary/aromatic N) is 1. The lowest BCUT2D eigenvalue weighted by atomic mass is 10.00. The fourth-order valence-corrected chi connectivity index (χ4v) is 2.53. The molecule has 1 aliphatic rings. The summed E-state index contributed by atoms with van der Waals surface area (Å²) in [4.78, 5) is 37.0. The maximum Gasteiger partial charge on any atom is 0.303 e. The highest BCUT2D eigenvalue weighted by atomic mass is 16.5. The lowest BCUT2D eigenvalue weighted by molar-refractivity contribution is -0.137. The Morgan fingerprint density at radius 2 is 1.96 bits per heavy atom. The molecule has 0 spiro atoms. The van der Waals surface area contributed by atoms with Gasteiger partial charge in [0.05, 0.1) is 12.1 Å². The minimum atomic E-state index is -1.02. The highest BCUT2D eigenvalue weighted by Crippen LogP contribution is 2.38. The number of hydrogen-bond donors (Lipinski definition) is 1. The maximum absolute atomic E-state index is 12.6. The number of ketones is 1. The van der Waals surface area contributed by atoms with E-state index in [1.807, 2.05) is 6.92 Å². The van der Waals surface area contributed by atoms with Crippen molar-refractivity contribution in [2.75, 3.05) is 11.4 Å². The highest BCUT2D eigenvalue weighted by molar-refractivity contribution is 6.05. The molecule has 0 radical (unpaired) electrons. The standard InChI is InChI=1S/C18H21NO5/c1-11(2)10-19-13-9-12(14(20)6-8-16(21)22)5-7-15(13)24-18(3,4)17(19)23/h5,7,9H,1,6,8,10H2,2-4H3,(H,21,22). The van der Waals surface area contributed by atoms with Gasteiger partial charge in [0.25, 0.3) is 5.91 Å². The van der Waals surface area contributed by atoms with Gasteiger partial charge in [-0.15, -0.1) is 0 Å². The molecular formula is C18H21NO5. The number of benzene rings is 1. The normalized spacial score (nSPS) is 15.5. The van der Waals surface area contributed by atoms with Crippen LogP contribution in [0.15, 0.2) is 30.4 Å². The lowest BCUT2D eigenvalue weighted by Crippen LogP contribution is -2.52. The molecule has 2 rings (SSSR count). The van der Waals surface area contributed by atoms with E-state index in [0.717, 1.165) is 5.57 Å². The topological polar surface area (TPSA) is 83.9 Å². The smallest absolute Gasteiger partial charge is 0.303 e. The van der Waals surface area contributed by atoms with Gasteiger partial charge in [-0.25, -0.2) is 0 Å². The van der Waals surface area contributed by atoms with Gasteiger partial charge in [-0.1, -0.05) is 12.2 Å². The summed E-state index contributed by atoms with van der Waals surface area (Å²) >= 11 is 0. The average molecular weight is 331 g/mol. The van der Waals surface area contributed by atoms with Crippen molar-refractivity contribution in [1.29, 1.82) is 0 Å². The van der Waals surface area contributed by atoms with Crippen LogP contribution < -0.4 is 9.64 Å². The van der Waals surface area contributed by atoms with Crippen LogP contribution >= 0.6 is 0 Å². The average Bonchev–Trinajstić information content (AvgIpc) is 2.48. The number of carbonyl (C=O) groups is 3. The Morgan fingerprint density at radius 3 is 2.54 bits per heavy atom. The molecule has 1 aromatic carbocycles. The molecule has 0 aliphatic carbocycles. The summed E-state index contributed by atoms with van der Waals surface area (Å²) in [7, 11) is 0. The summed E-state index contributed by atoms with van der Waals surface area (Å²) in [6, 6.07) is 4.81. The highest BCUT2D eigenvalue weighted by Gasteiger charge is 2.41. The molecule has 0 fully saturated rings. The summed E-state index contributed by atoms with van der Waals surface area (Å²) in [5.41, 5.74) is 0.660. The monoisotopic (exact) mass is 331 g/mol. The van der Waals surface area contributed by atoms with Crippen LogP contribution in [0.1, 0.15) is 44.0 Å². The first kappa shape index (κ1) is 17.7. The third-order valence-electron chi connectivity index (χ3n) is 3.69. The number of rotatable bonds is 6. The van der Waals surface area contributed by atoms with E-state index in [4.69, 9.17) is 9.84 Å². The minimum Gasteiger partial charge on any atom is -0.481 e. The zero-order chi connectivity index (χ0) is 18.1. The minimum absolute atomic E-state index is 0.0884. The number of carbonyl (C=O) groups excluding carboxylic acids is 2. The van der Waals surface area contributed by atoms with Crippen LogP contribution in [0.5, 0.6) is 5.75 Å². The number of amides is 1. The quantitative estimate of drug-likeness (QED) is 0.640. The SMILES string of the molecule is C=C(C)CN1C(=O)C(C)(C)Oc2ccc(C(=O)CCC(=O)O)cc21. The van der Waals surface area contributed by atoms with Gasteiger partial charge < -0.3 is 14.7 Å². The largest absolute Gasteiger partial charge is 0.481 e. The molecule has 0 saturated carbocycles. The van der Waals surface area contributed by atoms with Crippen molar-refractivity contribution in [1.82, 2.24) is 0 Å². The van der Waals surface area contributed by atoms with Crippen LogP contribution in [-0.4, -0.2) is 34.9 Å². The van der Waals surface area contributed by atoms with Crippen LogP contribution in [0, 0.1) is 0 Å². The van der Waals surface area contributed by atoms with Crippen molar-refractivity contribution in [2.45, 2.75) is 39.2 Å². The molecule has 0 aromatic heterocycles. The fraction of sp³-hybridized carbons (Fsp3) is 0.389. The molecule has 1 amide bonds. The first-order valence-electron chi connectivity index (χ1n) is 7.66. The molecule has 1 aromatic rings. The Labute approximate surface area is 140 Å². The summed E-state index contributed by atoms with van der Waals surface area (Å²) in [6.07, 6.45) is -0.317. The van der Waals surface area contributed by atoms with E-state index < -0.39 is 11.6 Å². The van der Waals surface area contributed by atoms with Crippen molar-refractivity contribution in [2.24, 2.45) is 0 Å². The zero-order valence-corrected chi connectivity index (χ0v) is 14.1. The molecule has 24 heavy (non-hydrogen) atoms. The van der Waals surface area contributed by atoms with Gasteiger partial charge in [-0.3, -0.25) is 14.4 Å². The van der Waals surface area contributed by atoms with Crippen molar-refractivity contribution in [3.63, 3.8) is 0 Å². The number of ether oxygens (including phenoxy) is 1. The number of hydrogen-bond acceptors (Lipinski definition) is 4. The maximum atomic E-state index is 12.6. The summed E-state index contributed by atoms with van der Waals surface area (Å²) < 4.78 is 5.75. The van der Waals surface area contributed by atoms with Crippen molar-refractivity contribution in [3.8, 4) is 5.75 Å². The first-order chi connectivity index (χ1) is 11.1. The fourth-order valence-electron chi connectivity index (χ4n) is 2.53. The van der Waals surface area contributed by atoms with Crippen LogP contribution in [0.4, 0.5) is 5.69 Å². The third-order valence-corrected chi connectivity index (χ3v) is 3.69. The Kier molecular flexibility index (Phi) is 4.78. The Bertz CT molecular complexity index is 720. The van der Waals surface area contributed by atoms with Gasteiger partial charge in [0.1, 0.15) is 5.75 Å². The molecule has 0 unspecified atom stereocenters. The second kappa shape index (κ2) is 6.47. The van der Waals surface area contributed by atoms with E-state index in [9.17, 15) is 14.4 Å². The second-order valence-corrected chi connectivity index (χ2v) is 6.46. The van der Waals surface area contributed by atoms with E-state index in [1.165, 1.54) is 0 Å². The Morgan fingerprint density at radius 1 is 1.29 bits per heavy atom. The Balaban J connectivity index is 2.39. The van der Waals surface area contributed by atoms with Gasteiger partial charge >= 0.3 is 5.97 Å². The number of carboxylic acids is 1. The molecule has 1 N–H and O–H groups in total. The molecule has 6 nitrogen and oxygen atoms in total. The molecule has 0 bridgehead atoms. The number of aliphatic carboxylic acids is 1. The molecule has 1 aliphatic heterocycles. The summed E-state index contributed by atoms with van der Waals surface area (Å²) in [5.74, 6) is -1.01. The predicted molar refractivity (Wildman–Crippen MR) is 89.5 cm³/mol.